The van der Waals surface area contributed by atoms with Crippen molar-refractivity contribution >= 4 is 33.8 Å². The lowest BCUT2D eigenvalue weighted by molar-refractivity contribution is 0.111. The fraction of sp³-hybridized carbons (Fsp3) is 0.143. The first-order valence-corrected chi connectivity index (χ1v) is 4.26. The van der Waals surface area contributed by atoms with Gasteiger partial charge in [-0.15, -0.1) is 11.6 Å². The van der Waals surface area contributed by atoms with Gasteiger partial charge in [0.25, 0.3) is 0 Å². The number of aromatic nitrogens is 1. The molecule has 0 spiro atoms. The second-order valence-corrected chi connectivity index (χ2v) is 3.05. The minimum Gasteiger partial charge on any atom is -0.296 e. The predicted octanol–water partition coefficient (Wildman–Crippen LogP) is 2.40. The summed E-state index contributed by atoms with van der Waals surface area (Å²) in [6.07, 6.45) is 0.695. The molecule has 0 aliphatic rings. The molecule has 0 atom stereocenters. The van der Waals surface area contributed by atoms with Crippen LogP contribution in [0.1, 0.15) is 16.1 Å². The molecule has 1 heterocycles. The Morgan fingerprint density at radius 2 is 2.36 bits per heavy atom. The number of hydrogen-bond donors (Lipinski definition) is 0. The Morgan fingerprint density at radius 1 is 1.64 bits per heavy atom. The van der Waals surface area contributed by atoms with Crippen LogP contribution in [0.3, 0.4) is 0 Å². The van der Waals surface area contributed by atoms with Gasteiger partial charge in [0.1, 0.15) is 10.3 Å². The molecular weight excluding hydrogens is 229 g/mol. The van der Waals surface area contributed by atoms with Gasteiger partial charge in [0.2, 0.25) is 0 Å². The van der Waals surface area contributed by atoms with Gasteiger partial charge in [-0.2, -0.15) is 0 Å². The van der Waals surface area contributed by atoms with E-state index in [4.69, 9.17) is 11.6 Å². The first-order chi connectivity index (χ1) is 5.26. The maximum Gasteiger partial charge on any atom is 0.168 e. The van der Waals surface area contributed by atoms with Crippen LogP contribution in [0.2, 0.25) is 0 Å². The Balaban J connectivity index is 3.11. The predicted molar refractivity (Wildman–Crippen MR) is 46.9 cm³/mol. The Bertz CT molecular complexity index is 277. The second-order valence-electron chi connectivity index (χ2n) is 1.97. The minimum atomic E-state index is 0.391. The van der Waals surface area contributed by atoms with E-state index in [0.29, 0.717) is 22.5 Å². The maximum absolute atomic E-state index is 10.3. The van der Waals surface area contributed by atoms with Crippen LogP contribution in [-0.4, -0.2) is 11.3 Å². The topological polar surface area (TPSA) is 30.0 Å². The molecule has 0 amide bonds. The molecule has 1 aromatic heterocycles. The van der Waals surface area contributed by atoms with Gasteiger partial charge in [-0.25, -0.2) is 4.98 Å². The van der Waals surface area contributed by atoms with Gasteiger partial charge < -0.3 is 0 Å². The smallest absolute Gasteiger partial charge is 0.168 e. The molecule has 2 nitrogen and oxygen atoms in total. The molecule has 0 aliphatic heterocycles. The van der Waals surface area contributed by atoms with Crippen molar-refractivity contribution in [3.8, 4) is 0 Å². The number of nitrogens with zero attached hydrogens (tertiary/aromatic N) is 1. The molecule has 0 unspecified atom stereocenters. The fourth-order valence-corrected chi connectivity index (χ4v) is 1.36. The highest BCUT2D eigenvalue weighted by molar-refractivity contribution is 9.10. The van der Waals surface area contributed by atoms with Crippen molar-refractivity contribution in [1.29, 1.82) is 0 Å². The van der Waals surface area contributed by atoms with E-state index in [1.807, 2.05) is 0 Å². The first kappa shape index (κ1) is 8.68. The molecule has 0 N–H and O–H groups in total. The number of aldehydes is 1. The monoisotopic (exact) mass is 233 g/mol. The van der Waals surface area contributed by atoms with Gasteiger partial charge in [-0.3, -0.25) is 4.79 Å². The van der Waals surface area contributed by atoms with Crippen molar-refractivity contribution in [1.82, 2.24) is 4.98 Å². The lowest BCUT2D eigenvalue weighted by atomic mass is 10.2. The van der Waals surface area contributed by atoms with Gasteiger partial charge in [-0.05, 0) is 33.6 Å². The highest BCUT2D eigenvalue weighted by Gasteiger charge is 1.97. The van der Waals surface area contributed by atoms with E-state index in [1.54, 1.807) is 12.1 Å². The molecule has 4 heteroatoms. The summed E-state index contributed by atoms with van der Waals surface area (Å²) in [6.45, 7) is 0. The number of halogens is 2. The number of pyridine rings is 1. The molecule has 0 radical (unpaired) electrons. The highest BCUT2D eigenvalue weighted by atomic mass is 79.9. The van der Waals surface area contributed by atoms with Crippen LogP contribution in [0, 0.1) is 0 Å². The van der Waals surface area contributed by atoms with Crippen LogP contribution < -0.4 is 0 Å². The average Bonchev–Trinajstić information content (AvgIpc) is 2.03. The number of rotatable bonds is 2. The number of alkyl halides is 1. The lowest BCUT2D eigenvalue weighted by Crippen LogP contribution is -1.89. The number of hydrogen-bond acceptors (Lipinski definition) is 2. The standard InChI is InChI=1S/C7H5BrClNO/c8-7-2-5(3-9)1-6(4-11)10-7/h1-2,4H,3H2. The Labute approximate surface area is 77.7 Å². The Hall–Kier alpha value is -0.410. The second kappa shape index (κ2) is 3.83. The molecule has 11 heavy (non-hydrogen) atoms. The van der Waals surface area contributed by atoms with Gasteiger partial charge in [0.15, 0.2) is 6.29 Å². The quantitative estimate of drug-likeness (QED) is 0.447. The third-order valence-electron chi connectivity index (χ3n) is 1.15. The van der Waals surface area contributed by atoms with Crippen molar-refractivity contribution < 1.29 is 4.79 Å². The van der Waals surface area contributed by atoms with Crippen molar-refractivity contribution in [2.45, 2.75) is 5.88 Å². The summed E-state index contributed by atoms with van der Waals surface area (Å²) < 4.78 is 0.637. The van der Waals surface area contributed by atoms with E-state index in [2.05, 4.69) is 20.9 Å². The van der Waals surface area contributed by atoms with Crippen LogP contribution in [0.15, 0.2) is 16.7 Å². The summed E-state index contributed by atoms with van der Waals surface area (Å²) in [4.78, 5) is 14.2. The minimum absolute atomic E-state index is 0.391. The molecule has 1 aromatic rings. The molecule has 58 valence electrons. The zero-order valence-corrected chi connectivity index (χ0v) is 7.89. The van der Waals surface area contributed by atoms with Crippen LogP contribution in [0.25, 0.3) is 0 Å². The average molecular weight is 234 g/mol. The maximum atomic E-state index is 10.3. The molecule has 0 saturated heterocycles. The van der Waals surface area contributed by atoms with Crippen molar-refractivity contribution in [2.75, 3.05) is 0 Å². The molecular formula is C7H5BrClNO. The van der Waals surface area contributed by atoms with E-state index in [9.17, 15) is 4.79 Å². The molecule has 0 aromatic carbocycles. The van der Waals surface area contributed by atoms with Crippen LogP contribution >= 0.6 is 27.5 Å². The summed E-state index contributed by atoms with van der Waals surface area (Å²) >= 11 is 8.73. The van der Waals surface area contributed by atoms with Gasteiger partial charge in [-0.1, -0.05) is 0 Å². The summed E-state index contributed by atoms with van der Waals surface area (Å²) in [5, 5.41) is 0. The zero-order valence-electron chi connectivity index (χ0n) is 5.55. The van der Waals surface area contributed by atoms with Gasteiger partial charge in [0.05, 0.1) is 0 Å². The summed E-state index contributed by atoms with van der Waals surface area (Å²) in [6, 6.07) is 3.44. The SMILES string of the molecule is O=Cc1cc(CCl)cc(Br)n1. The van der Waals surface area contributed by atoms with E-state index in [-0.39, 0.29) is 0 Å². The van der Waals surface area contributed by atoms with E-state index in [0.717, 1.165) is 5.56 Å². The third-order valence-corrected chi connectivity index (χ3v) is 1.86. The molecule has 0 aliphatic carbocycles. The molecule has 0 bridgehead atoms. The highest BCUT2D eigenvalue weighted by Crippen LogP contribution is 2.12. The Morgan fingerprint density at radius 3 is 2.91 bits per heavy atom. The largest absolute Gasteiger partial charge is 0.296 e. The molecule has 0 fully saturated rings. The zero-order chi connectivity index (χ0) is 8.27. The molecule has 1 rings (SSSR count). The van der Waals surface area contributed by atoms with Crippen LogP contribution in [-0.2, 0) is 5.88 Å². The van der Waals surface area contributed by atoms with Gasteiger partial charge in [0, 0.05) is 5.88 Å². The fourth-order valence-electron chi connectivity index (χ4n) is 0.710. The van der Waals surface area contributed by atoms with E-state index in [1.165, 1.54) is 0 Å². The van der Waals surface area contributed by atoms with Crippen molar-refractivity contribution in [3.05, 3.63) is 28.0 Å². The van der Waals surface area contributed by atoms with Crippen LogP contribution in [0.4, 0.5) is 0 Å². The summed E-state index contributed by atoms with van der Waals surface area (Å²) in [5.41, 5.74) is 1.28. The molecule has 0 saturated carbocycles. The number of carbonyl (C=O) groups excluding carboxylic acids is 1. The third kappa shape index (κ3) is 2.27. The van der Waals surface area contributed by atoms with E-state index < -0.39 is 0 Å². The van der Waals surface area contributed by atoms with E-state index >= 15 is 0 Å². The Kier molecular flexibility index (Phi) is 3.02. The normalized spacial score (nSPS) is 9.64. The first-order valence-electron chi connectivity index (χ1n) is 2.94. The summed E-state index contributed by atoms with van der Waals surface area (Å²) in [7, 11) is 0. The van der Waals surface area contributed by atoms with Crippen molar-refractivity contribution in [2.24, 2.45) is 0 Å². The van der Waals surface area contributed by atoms with Crippen molar-refractivity contribution in [3.63, 3.8) is 0 Å². The number of carbonyl (C=O) groups is 1. The van der Waals surface area contributed by atoms with Gasteiger partial charge >= 0.3 is 0 Å². The van der Waals surface area contributed by atoms with Crippen LogP contribution in [0.5, 0.6) is 0 Å². The summed E-state index contributed by atoms with van der Waals surface area (Å²) in [5.74, 6) is 0.391. The lowest BCUT2D eigenvalue weighted by Gasteiger charge is -1.96.